The topological polar surface area (TPSA) is 23.6 Å². The Morgan fingerprint density at radius 3 is 2.18 bits per heavy atom. The maximum absolute atomic E-state index is 12.9. The molecule has 33 heavy (non-hydrogen) atoms. The van der Waals surface area contributed by atoms with E-state index in [1.54, 1.807) is 6.07 Å². The average molecular weight is 461 g/mol. The minimum atomic E-state index is -4.31. The van der Waals surface area contributed by atoms with Gasteiger partial charge < -0.3 is 4.90 Å². The van der Waals surface area contributed by atoms with Crippen LogP contribution in [0.25, 0.3) is 0 Å². The van der Waals surface area contributed by atoms with E-state index in [2.05, 4.69) is 37.8 Å². The van der Waals surface area contributed by atoms with Crippen molar-refractivity contribution in [3.8, 4) is 0 Å². The van der Waals surface area contributed by atoms with Crippen molar-refractivity contribution in [3.63, 3.8) is 0 Å². The Balaban J connectivity index is 1.42. The molecule has 0 bridgehead atoms. The molecule has 2 aromatic rings. The van der Waals surface area contributed by atoms with Crippen molar-refractivity contribution in [2.75, 3.05) is 26.7 Å². The summed E-state index contributed by atoms with van der Waals surface area (Å²) in [4.78, 5) is 16.7. The molecule has 1 aliphatic rings. The van der Waals surface area contributed by atoms with E-state index in [1.807, 2.05) is 24.1 Å². The molecule has 180 valence electrons. The third-order valence-corrected chi connectivity index (χ3v) is 6.27. The number of likely N-dealkylation sites (tertiary alicyclic amines) is 1. The third kappa shape index (κ3) is 7.60. The van der Waals surface area contributed by atoms with Gasteiger partial charge in [-0.05, 0) is 47.4 Å². The Bertz CT molecular complexity index is 926. The van der Waals surface area contributed by atoms with Crippen LogP contribution in [0.2, 0.25) is 0 Å². The number of nitrogens with zero attached hydrogens (tertiary/aromatic N) is 2. The zero-order valence-corrected chi connectivity index (χ0v) is 20.1. The Morgan fingerprint density at radius 1 is 0.970 bits per heavy atom. The Morgan fingerprint density at radius 2 is 1.58 bits per heavy atom. The highest BCUT2D eigenvalue weighted by Gasteiger charge is 2.34. The van der Waals surface area contributed by atoms with Gasteiger partial charge in [-0.15, -0.1) is 0 Å². The van der Waals surface area contributed by atoms with Gasteiger partial charge in [0.2, 0.25) is 5.91 Å². The van der Waals surface area contributed by atoms with Crippen LogP contribution in [-0.2, 0) is 30.4 Å². The second kappa shape index (κ2) is 10.3. The number of alkyl halides is 3. The van der Waals surface area contributed by atoms with E-state index >= 15 is 0 Å². The molecule has 0 N–H and O–H groups in total. The van der Waals surface area contributed by atoms with Gasteiger partial charge in [0.15, 0.2) is 0 Å². The number of carbonyl (C=O) groups excluding carboxylic acids is 1. The lowest BCUT2D eigenvalue weighted by atomic mass is 9.91. The van der Waals surface area contributed by atoms with E-state index in [-0.39, 0.29) is 17.2 Å². The Labute approximate surface area is 195 Å². The maximum atomic E-state index is 12.9. The highest BCUT2D eigenvalue weighted by atomic mass is 19.4. The Kier molecular flexibility index (Phi) is 7.88. The van der Waals surface area contributed by atoms with Crippen molar-refractivity contribution in [1.82, 2.24) is 9.80 Å². The van der Waals surface area contributed by atoms with Crippen LogP contribution in [0.1, 0.15) is 49.4 Å². The van der Waals surface area contributed by atoms with Crippen molar-refractivity contribution in [2.45, 2.75) is 52.8 Å². The highest BCUT2D eigenvalue weighted by Crippen LogP contribution is 2.30. The fourth-order valence-electron chi connectivity index (χ4n) is 4.04. The lowest BCUT2D eigenvalue weighted by Gasteiger charge is -2.40. The zero-order chi connectivity index (χ0) is 24.2. The lowest BCUT2D eigenvalue weighted by molar-refractivity contribution is -0.140. The summed E-state index contributed by atoms with van der Waals surface area (Å²) in [6, 6.07) is 13.8. The van der Waals surface area contributed by atoms with Crippen molar-refractivity contribution in [1.29, 1.82) is 0 Å². The van der Waals surface area contributed by atoms with Crippen LogP contribution in [-0.4, -0.2) is 42.4 Å². The highest BCUT2D eigenvalue weighted by molar-refractivity contribution is 5.80. The lowest BCUT2D eigenvalue weighted by Crippen LogP contribution is -2.53. The smallest absolute Gasteiger partial charge is 0.345 e. The normalized spacial score (nSPS) is 15.4. The molecule has 0 unspecified atom stereocenters. The number of amides is 1. The maximum Gasteiger partial charge on any atom is 0.416 e. The van der Waals surface area contributed by atoms with Gasteiger partial charge >= 0.3 is 6.18 Å². The summed E-state index contributed by atoms with van der Waals surface area (Å²) in [6.07, 6.45) is -2.05. The first-order valence-electron chi connectivity index (χ1n) is 11.6. The molecule has 0 radical (unpaired) electrons. The predicted molar refractivity (Wildman–Crippen MR) is 126 cm³/mol. The monoisotopic (exact) mass is 460 g/mol. The third-order valence-electron chi connectivity index (χ3n) is 6.27. The van der Waals surface area contributed by atoms with Gasteiger partial charge in [0.25, 0.3) is 0 Å². The molecule has 1 fully saturated rings. The number of halogens is 3. The summed E-state index contributed by atoms with van der Waals surface area (Å²) in [5.74, 6) is 0.321. The number of rotatable bonds is 8. The first-order valence-corrected chi connectivity index (χ1v) is 11.6. The van der Waals surface area contributed by atoms with E-state index in [0.29, 0.717) is 18.4 Å². The summed E-state index contributed by atoms with van der Waals surface area (Å²) in [7, 11) is 1.90. The molecule has 0 aromatic heterocycles. The molecular weight excluding hydrogens is 425 g/mol. The second-order valence-corrected chi connectivity index (χ2v) is 10.5. The Hall–Kier alpha value is -2.34. The number of aryl methyl sites for hydroxylation is 2. The second-order valence-electron chi connectivity index (χ2n) is 10.5. The van der Waals surface area contributed by atoms with Crippen molar-refractivity contribution in [2.24, 2.45) is 11.3 Å². The van der Waals surface area contributed by atoms with Gasteiger partial charge in [-0.1, -0.05) is 63.2 Å². The van der Waals surface area contributed by atoms with Gasteiger partial charge in [0, 0.05) is 33.2 Å². The van der Waals surface area contributed by atoms with Crippen molar-refractivity contribution < 1.29 is 18.0 Å². The van der Waals surface area contributed by atoms with Gasteiger partial charge in [0.05, 0.1) is 11.5 Å². The molecule has 2 aromatic carbocycles. The first kappa shape index (κ1) is 25.3. The van der Waals surface area contributed by atoms with E-state index in [4.69, 9.17) is 0 Å². The van der Waals surface area contributed by atoms with Crippen LogP contribution in [0.5, 0.6) is 0 Å². The summed E-state index contributed by atoms with van der Waals surface area (Å²) in [5.41, 5.74) is 2.61. The molecule has 0 atom stereocenters. The van der Waals surface area contributed by atoms with Gasteiger partial charge in [-0.2, -0.15) is 13.2 Å². The van der Waals surface area contributed by atoms with Crippen molar-refractivity contribution in [3.05, 3.63) is 70.8 Å². The van der Waals surface area contributed by atoms with Gasteiger partial charge in [-0.3, -0.25) is 9.69 Å². The molecule has 0 aliphatic carbocycles. The van der Waals surface area contributed by atoms with Gasteiger partial charge in [0.1, 0.15) is 0 Å². The molecule has 3 nitrogen and oxygen atoms in total. The molecule has 1 saturated heterocycles. The fraction of sp³-hybridized carbons (Fsp3) is 0.519. The van der Waals surface area contributed by atoms with Crippen LogP contribution in [0, 0.1) is 11.3 Å². The van der Waals surface area contributed by atoms with E-state index in [9.17, 15) is 18.0 Å². The van der Waals surface area contributed by atoms with Gasteiger partial charge in [-0.25, -0.2) is 0 Å². The van der Waals surface area contributed by atoms with Crippen LogP contribution in [0.3, 0.4) is 0 Å². The molecule has 1 heterocycles. The van der Waals surface area contributed by atoms with Crippen LogP contribution < -0.4 is 0 Å². The molecule has 0 spiro atoms. The number of carbonyl (C=O) groups is 1. The zero-order valence-electron chi connectivity index (χ0n) is 20.1. The summed E-state index contributed by atoms with van der Waals surface area (Å²) >= 11 is 0. The van der Waals surface area contributed by atoms with Crippen molar-refractivity contribution >= 4 is 5.91 Å². The SMILES string of the molecule is CN(CCC(C)(C)C)C(=O)C1CN(Cc2ccc(CCc3cccc(C(F)(F)F)c3)cc2)C1. The largest absolute Gasteiger partial charge is 0.416 e. The first-order chi connectivity index (χ1) is 15.4. The van der Waals surface area contributed by atoms with Crippen LogP contribution in [0.4, 0.5) is 13.2 Å². The number of benzene rings is 2. The van der Waals surface area contributed by atoms with E-state index in [0.717, 1.165) is 44.2 Å². The van der Waals surface area contributed by atoms with Crippen LogP contribution in [0.15, 0.2) is 48.5 Å². The number of hydrogen-bond donors (Lipinski definition) is 0. The summed E-state index contributed by atoms with van der Waals surface area (Å²) < 4.78 is 38.6. The minimum absolute atomic E-state index is 0.0849. The molecular formula is C27H35F3N2O. The predicted octanol–water partition coefficient (Wildman–Crippen LogP) is 5.82. The standard InChI is InChI=1S/C27H35F3N2O/c1-26(2,3)14-15-31(4)25(33)23-18-32(19-23)17-22-12-9-20(10-13-22)8-11-21-6-5-7-24(16-21)27(28,29)30/h5-7,9-10,12-13,16,23H,8,11,14-15,17-19H2,1-4H3. The fourth-order valence-corrected chi connectivity index (χ4v) is 4.04. The molecule has 3 rings (SSSR count). The van der Waals surface area contributed by atoms with E-state index in [1.165, 1.54) is 17.7 Å². The molecule has 1 amide bonds. The average Bonchev–Trinajstić information content (AvgIpc) is 2.72. The molecule has 6 heteroatoms. The van der Waals surface area contributed by atoms with E-state index < -0.39 is 11.7 Å². The summed E-state index contributed by atoms with van der Waals surface area (Å²) in [5, 5.41) is 0. The molecule has 1 aliphatic heterocycles. The minimum Gasteiger partial charge on any atom is -0.345 e. The summed E-state index contributed by atoms with van der Waals surface area (Å²) in [6.45, 7) is 9.74. The van der Waals surface area contributed by atoms with Crippen LogP contribution >= 0.6 is 0 Å². The molecule has 0 saturated carbocycles. The quantitative estimate of drug-likeness (QED) is 0.496. The number of hydrogen-bond acceptors (Lipinski definition) is 2.